The van der Waals surface area contributed by atoms with Gasteiger partial charge in [-0.2, -0.15) is 0 Å². The van der Waals surface area contributed by atoms with Crippen molar-refractivity contribution in [3.8, 4) is 11.4 Å². The summed E-state index contributed by atoms with van der Waals surface area (Å²) in [6.07, 6.45) is 0. The minimum Gasteiger partial charge on any atom is -0.378 e. The number of alkyl halides is 6. The van der Waals surface area contributed by atoms with Crippen molar-refractivity contribution in [2.75, 3.05) is 19.0 Å². The van der Waals surface area contributed by atoms with Crippen molar-refractivity contribution in [1.29, 1.82) is 0 Å². The van der Waals surface area contributed by atoms with E-state index in [1.54, 1.807) is 0 Å². The molecule has 10 heteroatoms. The summed E-state index contributed by atoms with van der Waals surface area (Å²) in [5.41, 5.74) is 1.68. The Labute approximate surface area is 163 Å². The van der Waals surface area contributed by atoms with Gasteiger partial charge in [0.1, 0.15) is 0 Å². The van der Waals surface area contributed by atoms with Crippen LogP contribution in [0.3, 0.4) is 0 Å². The third-order valence-electron chi connectivity index (χ3n) is 2.78. The molecule has 0 unspecified atom stereocenters. The number of hydrogen-bond acceptors (Lipinski definition) is 4. The SMILES string of the molecule is CN(C)c1ccc(-c2nc(C(Cl)(Cl)Cl)nc(C(Cl)(Cl)Cl)n2)cc1. The van der Waals surface area contributed by atoms with Crippen LogP contribution in [0.5, 0.6) is 0 Å². The zero-order chi connectivity index (χ0) is 17.4. The van der Waals surface area contributed by atoms with Crippen LogP contribution in [-0.2, 0) is 7.59 Å². The van der Waals surface area contributed by atoms with E-state index < -0.39 is 7.59 Å². The van der Waals surface area contributed by atoms with Gasteiger partial charge in [0, 0.05) is 25.3 Å². The smallest absolute Gasteiger partial charge is 0.250 e. The van der Waals surface area contributed by atoms with Gasteiger partial charge in [0.05, 0.1) is 0 Å². The van der Waals surface area contributed by atoms with Gasteiger partial charge in [-0.25, -0.2) is 15.0 Å². The molecule has 124 valence electrons. The summed E-state index contributed by atoms with van der Waals surface area (Å²) < 4.78 is -3.74. The first-order valence-corrected chi connectivity index (χ1v) is 8.43. The molecule has 0 bridgehead atoms. The molecule has 2 aromatic rings. The molecule has 0 N–H and O–H groups in total. The average Bonchev–Trinajstić information content (AvgIpc) is 2.45. The highest BCUT2D eigenvalue weighted by molar-refractivity contribution is 6.67. The minimum absolute atomic E-state index is 0.120. The molecule has 1 heterocycles. The van der Waals surface area contributed by atoms with Gasteiger partial charge < -0.3 is 4.90 Å². The van der Waals surface area contributed by atoms with E-state index in [-0.39, 0.29) is 17.5 Å². The molecule has 23 heavy (non-hydrogen) atoms. The average molecular weight is 435 g/mol. The monoisotopic (exact) mass is 432 g/mol. The lowest BCUT2D eigenvalue weighted by Gasteiger charge is -2.16. The second-order valence-corrected chi connectivity index (χ2v) is 9.31. The molecule has 0 aliphatic heterocycles. The number of benzene rings is 1. The third-order valence-corrected chi connectivity index (χ3v) is 3.80. The van der Waals surface area contributed by atoms with Crippen LogP contribution in [0.1, 0.15) is 11.6 Å². The molecular weight excluding hydrogens is 425 g/mol. The van der Waals surface area contributed by atoms with Gasteiger partial charge in [-0.3, -0.25) is 0 Å². The van der Waals surface area contributed by atoms with Crippen molar-refractivity contribution < 1.29 is 0 Å². The lowest BCUT2D eigenvalue weighted by Crippen LogP contribution is -2.16. The molecule has 0 aliphatic carbocycles. The zero-order valence-corrected chi connectivity index (χ0v) is 16.4. The van der Waals surface area contributed by atoms with Crippen molar-refractivity contribution in [3.05, 3.63) is 35.9 Å². The van der Waals surface area contributed by atoms with Crippen LogP contribution in [-0.4, -0.2) is 29.0 Å². The maximum atomic E-state index is 5.85. The van der Waals surface area contributed by atoms with Crippen LogP contribution in [0.25, 0.3) is 11.4 Å². The van der Waals surface area contributed by atoms with Gasteiger partial charge in [0.2, 0.25) is 7.59 Å². The first-order valence-electron chi connectivity index (χ1n) is 6.16. The molecule has 0 saturated carbocycles. The Morgan fingerprint density at radius 1 is 0.739 bits per heavy atom. The number of aromatic nitrogens is 3. The van der Waals surface area contributed by atoms with E-state index in [0.717, 1.165) is 5.69 Å². The lowest BCUT2D eigenvalue weighted by atomic mass is 10.2. The van der Waals surface area contributed by atoms with Gasteiger partial charge in [-0.15, -0.1) is 0 Å². The molecule has 1 aromatic carbocycles. The summed E-state index contributed by atoms with van der Waals surface area (Å²) in [7, 11) is 3.86. The van der Waals surface area contributed by atoms with Crippen molar-refractivity contribution >= 4 is 75.3 Å². The second kappa shape index (κ2) is 6.95. The van der Waals surface area contributed by atoms with E-state index in [9.17, 15) is 0 Å². The molecule has 2 rings (SSSR count). The highest BCUT2D eigenvalue weighted by atomic mass is 35.6. The largest absolute Gasteiger partial charge is 0.378 e. The quantitative estimate of drug-likeness (QED) is 0.605. The summed E-state index contributed by atoms with van der Waals surface area (Å²) in [6.45, 7) is 0. The molecular formula is C13H10Cl6N4. The van der Waals surface area contributed by atoms with Gasteiger partial charge in [-0.1, -0.05) is 69.6 Å². The van der Waals surface area contributed by atoms with Crippen LogP contribution in [0, 0.1) is 0 Å². The van der Waals surface area contributed by atoms with Crippen molar-refractivity contribution in [2.24, 2.45) is 0 Å². The Bertz CT molecular complexity index is 659. The summed E-state index contributed by atoms with van der Waals surface area (Å²) in [4.78, 5) is 14.2. The first kappa shape index (κ1) is 19.1. The van der Waals surface area contributed by atoms with Crippen molar-refractivity contribution in [2.45, 2.75) is 7.59 Å². The van der Waals surface area contributed by atoms with Crippen LogP contribution >= 0.6 is 69.6 Å². The molecule has 0 spiro atoms. The third kappa shape index (κ3) is 4.88. The molecule has 0 aliphatic rings. The molecule has 0 atom stereocenters. The van der Waals surface area contributed by atoms with Crippen molar-refractivity contribution in [3.63, 3.8) is 0 Å². The summed E-state index contributed by atoms with van der Waals surface area (Å²) in [5, 5.41) is 0. The van der Waals surface area contributed by atoms with E-state index in [2.05, 4.69) is 15.0 Å². The van der Waals surface area contributed by atoms with Gasteiger partial charge >= 0.3 is 0 Å². The molecule has 0 fully saturated rings. The number of anilines is 1. The second-order valence-electron chi connectivity index (χ2n) is 4.74. The highest BCUT2D eigenvalue weighted by Crippen LogP contribution is 2.40. The molecule has 0 amide bonds. The molecule has 1 aromatic heterocycles. The fraction of sp³-hybridized carbons (Fsp3) is 0.308. The predicted octanol–water partition coefficient (Wildman–Crippen LogP) is 5.26. The van der Waals surface area contributed by atoms with Gasteiger partial charge in [0.25, 0.3) is 0 Å². The number of nitrogens with zero attached hydrogens (tertiary/aromatic N) is 4. The minimum atomic E-state index is -1.87. The topological polar surface area (TPSA) is 41.9 Å². The fourth-order valence-electron chi connectivity index (χ4n) is 1.67. The van der Waals surface area contributed by atoms with Crippen LogP contribution in [0.2, 0.25) is 0 Å². The normalized spacial score (nSPS) is 12.3. The van der Waals surface area contributed by atoms with E-state index in [1.807, 2.05) is 43.3 Å². The lowest BCUT2D eigenvalue weighted by molar-refractivity contribution is 0.851. The van der Waals surface area contributed by atoms with E-state index in [1.165, 1.54) is 0 Å². The summed E-state index contributed by atoms with van der Waals surface area (Å²) in [6, 6.07) is 7.41. The standard InChI is InChI=1S/C13H10Cl6N4/c1-23(2)8-5-3-7(4-6-8)9-20-10(12(14,15)16)22-11(21-9)13(17,18)19/h3-6H,1-2H3. The Hall–Kier alpha value is -0.230. The van der Waals surface area contributed by atoms with E-state index >= 15 is 0 Å². The molecule has 4 nitrogen and oxygen atoms in total. The van der Waals surface area contributed by atoms with E-state index in [4.69, 9.17) is 69.6 Å². The van der Waals surface area contributed by atoms with E-state index in [0.29, 0.717) is 5.56 Å². The Morgan fingerprint density at radius 3 is 1.52 bits per heavy atom. The number of rotatable bonds is 2. The number of halogens is 6. The molecule has 0 radical (unpaired) electrons. The number of hydrogen-bond donors (Lipinski definition) is 0. The highest BCUT2D eigenvalue weighted by Gasteiger charge is 2.33. The Morgan fingerprint density at radius 2 is 1.17 bits per heavy atom. The van der Waals surface area contributed by atoms with Crippen LogP contribution in [0.15, 0.2) is 24.3 Å². The van der Waals surface area contributed by atoms with Gasteiger partial charge in [-0.05, 0) is 24.3 Å². The summed E-state index contributed by atoms with van der Waals surface area (Å²) in [5.74, 6) is 0.00368. The Balaban J connectivity index is 2.57. The fourth-order valence-corrected chi connectivity index (χ4v) is 2.17. The zero-order valence-electron chi connectivity index (χ0n) is 11.9. The van der Waals surface area contributed by atoms with Gasteiger partial charge in [0.15, 0.2) is 17.5 Å². The first-order chi connectivity index (χ1) is 10.5. The van der Waals surface area contributed by atoms with Crippen molar-refractivity contribution in [1.82, 2.24) is 15.0 Å². The molecule has 0 saturated heterocycles. The predicted molar refractivity (Wildman–Crippen MR) is 98.1 cm³/mol. The maximum Gasteiger partial charge on any atom is 0.250 e. The summed E-state index contributed by atoms with van der Waals surface area (Å²) >= 11 is 35.1. The maximum absolute atomic E-state index is 5.85. The Kier molecular flexibility index (Phi) is 5.77. The van der Waals surface area contributed by atoms with Crippen LogP contribution in [0.4, 0.5) is 5.69 Å². The van der Waals surface area contributed by atoms with Crippen LogP contribution < -0.4 is 4.90 Å².